The second kappa shape index (κ2) is 10.1. The van der Waals surface area contributed by atoms with E-state index in [1.807, 2.05) is 0 Å². The third kappa shape index (κ3) is 3.53. The van der Waals surface area contributed by atoms with Gasteiger partial charge in [0.2, 0.25) is 0 Å². The van der Waals surface area contributed by atoms with Gasteiger partial charge in [-0.3, -0.25) is 0 Å². The van der Waals surface area contributed by atoms with Crippen LogP contribution in [0.5, 0.6) is 0 Å². The van der Waals surface area contributed by atoms with Crippen LogP contribution < -0.4 is 0 Å². The van der Waals surface area contributed by atoms with Crippen molar-refractivity contribution >= 4 is 109 Å². The number of hydrogen-bond donors (Lipinski definition) is 0. The Kier molecular flexibility index (Phi) is 5.73. The fourth-order valence-corrected chi connectivity index (χ4v) is 9.68. The molecule has 0 unspecified atom stereocenters. The molecule has 0 N–H and O–H groups in total. The van der Waals surface area contributed by atoms with Crippen molar-refractivity contribution in [3.8, 4) is 22.3 Å². The lowest BCUT2D eigenvalue weighted by Gasteiger charge is -2.24. The molecule has 11 aromatic carbocycles. The molecule has 0 nitrogen and oxygen atoms in total. The predicted molar refractivity (Wildman–Crippen MR) is 219 cm³/mol. The maximum atomic E-state index is 7.17. The summed E-state index contributed by atoms with van der Waals surface area (Å²) in [5, 5.41) is 21.7. The lowest BCUT2D eigenvalue weighted by Crippen LogP contribution is -1.96. The van der Waals surface area contributed by atoms with Crippen LogP contribution in [0.2, 0.25) is 10.0 Å². The number of aryl methyl sites for hydroxylation is 2. The number of rotatable bonds is 2. The fourth-order valence-electron chi connectivity index (χ4n) is 9.27. The second-order valence-corrected chi connectivity index (χ2v) is 14.6. The molecular weight excluding hydrogens is 647 g/mol. The molecule has 11 aromatic rings. The van der Waals surface area contributed by atoms with E-state index in [2.05, 4.69) is 147 Å². The Morgan fingerprint density at radius 3 is 1.06 bits per heavy atom. The molecule has 11 rings (SSSR count). The summed E-state index contributed by atoms with van der Waals surface area (Å²) in [6.45, 7) is 4.33. The normalized spacial score (nSPS) is 12.4. The first kappa shape index (κ1) is 28.4. The van der Waals surface area contributed by atoms with Gasteiger partial charge in [-0.25, -0.2) is 0 Å². The van der Waals surface area contributed by atoms with Crippen molar-refractivity contribution in [1.29, 1.82) is 0 Å². The quantitative estimate of drug-likeness (QED) is 0.126. The molecular formula is C48H28Cl2. The molecule has 0 aromatic heterocycles. The van der Waals surface area contributed by atoms with E-state index in [0.717, 1.165) is 21.2 Å². The summed E-state index contributed by atoms with van der Waals surface area (Å²) in [6.07, 6.45) is 0. The van der Waals surface area contributed by atoms with Crippen LogP contribution in [-0.2, 0) is 0 Å². The molecule has 0 radical (unpaired) electrons. The van der Waals surface area contributed by atoms with E-state index in [9.17, 15) is 0 Å². The molecule has 0 saturated heterocycles. The molecule has 0 atom stereocenters. The molecule has 50 heavy (non-hydrogen) atoms. The summed E-state index contributed by atoms with van der Waals surface area (Å²) in [5.74, 6) is 0. The summed E-state index contributed by atoms with van der Waals surface area (Å²) < 4.78 is 0. The second-order valence-electron chi connectivity index (χ2n) is 13.8. The molecule has 0 saturated carbocycles. The Bertz CT molecular complexity index is 2990. The maximum absolute atomic E-state index is 7.17. The van der Waals surface area contributed by atoms with Crippen molar-refractivity contribution in [2.75, 3.05) is 0 Å². The van der Waals surface area contributed by atoms with Crippen LogP contribution in [-0.4, -0.2) is 0 Å². The van der Waals surface area contributed by atoms with E-state index in [0.29, 0.717) is 0 Å². The van der Waals surface area contributed by atoms with Gasteiger partial charge in [0, 0.05) is 10.0 Å². The van der Waals surface area contributed by atoms with Gasteiger partial charge < -0.3 is 0 Å². The first-order chi connectivity index (χ1) is 24.5. The molecule has 0 aliphatic heterocycles. The zero-order valence-corrected chi connectivity index (χ0v) is 29.0. The third-order valence-corrected chi connectivity index (χ3v) is 12.2. The molecule has 0 aliphatic rings. The van der Waals surface area contributed by atoms with Gasteiger partial charge in [-0.2, -0.15) is 0 Å². The van der Waals surface area contributed by atoms with Gasteiger partial charge in [-0.15, -0.1) is 0 Å². The molecule has 234 valence electrons. The monoisotopic (exact) mass is 674 g/mol. The first-order valence-corrected chi connectivity index (χ1v) is 17.9. The highest BCUT2D eigenvalue weighted by atomic mass is 35.5. The topological polar surface area (TPSA) is 0 Å². The van der Waals surface area contributed by atoms with Crippen molar-refractivity contribution in [2.24, 2.45) is 0 Å². The van der Waals surface area contributed by atoms with Crippen LogP contribution in [0.3, 0.4) is 0 Å². The highest BCUT2D eigenvalue weighted by Gasteiger charge is 2.25. The zero-order chi connectivity index (χ0) is 33.4. The maximum Gasteiger partial charge on any atom is 0.0447 e. The average Bonchev–Trinajstić information content (AvgIpc) is 3.16. The van der Waals surface area contributed by atoms with Crippen molar-refractivity contribution < 1.29 is 0 Å². The molecule has 0 aliphatic carbocycles. The van der Waals surface area contributed by atoms with E-state index < -0.39 is 0 Å². The van der Waals surface area contributed by atoms with Crippen LogP contribution in [0.25, 0.3) is 108 Å². The van der Waals surface area contributed by atoms with Crippen molar-refractivity contribution in [3.05, 3.63) is 155 Å². The van der Waals surface area contributed by atoms with Gasteiger partial charge in [-0.1, -0.05) is 145 Å². The van der Waals surface area contributed by atoms with Gasteiger partial charge in [0.05, 0.1) is 0 Å². The van der Waals surface area contributed by atoms with E-state index in [-0.39, 0.29) is 0 Å². The minimum atomic E-state index is 0.793. The summed E-state index contributed by atoms with van der Waals surface area (Å²) in [6, 6.07) is 48.8. The van der Waals surface area contributed by atoms with Crippen LogP contribution in [0, 0.1) is 13.8 Å². The highest BCUT2D eigenvalue weighted by Crippen LogP contribution is 2.54. The standard InChI is InChI=1S/C48H28Cl2/c1-25-39(49)23-37-33-19-20-34-38-24-40(50)26(2)42-30(28-13-7-4-8-14-28)18-22-36(46(38)42)44-32-16-10-9-15-31(32)43(47(33)48(34)44)35-21-17-29(41(25)45(35)37)27-11-5-3-6-12-27/h3-24H,1-2H3. The Morgan fingerprint density at radius 2 is 0.640 bits per heavy atom. The summed E-state index contributed by atoms with van der Waals surface area (Å²) >= 11 is 14.3. The van der Waals surface area contributed by atoms with E-state index in [4.69, 9.17) is 23.2 Å². The molecule has 0 amide bonds. The Hall–Kier alpha value is -5.40. The number of fused-ring (bicyclic) bond motifs is 7. The molecule has 0 spiro atoms. The van der Waals surface area contributed by atoms with Crippen LogP contribution in [0.1, 0.15) is 11.1 Å². The number of halogens is 2. The van der Waals surface area contributed by atoms with E-state index in [1.54, 1.807) is 0 Å². The molecule has 2 heteroatoms. The van der Waals surface area contributed by atoms with Gasteiger partial charge in [-0.05, 0) is 146 Å². The van der Waals surface area contributed by atoms with Crippen molar-refractivity contribution in [1.82, 2.24) is 0 Å². The molecule has 0 fully saturated rings. The Balaban J connectivity index is 1.43. The minimum Gasteiger partial charge on any atom is -0.0840 e. The van der Waals surface area contributed by atoms with Gasteiger partial charge in [0.15, 0.2) is 0 Å². The van der Waals surface area contributed by atoms with Gasteiger partial charge in [0.25, 0.3) is 0 Å². The van der Waals surface area contributed by atoms with Crippen LogP contribution >= 0.6 is 23.2 Å². The summed E-state index contributed by atoms with van der Waals surface area (Å²) in [4.78, 5) is 0. The fraction of sp³-hybridized carbons (Fsp3) is 0.0417. The highest BCUT2D eigenvalue weighted by molar-refractivity contribution is 6.50. The number of hydrogen-bond acceptors (Lipinski definition) is 0. The van der Waals surface area contributed by atoms with Crippen LogP contribution in [0.4, 0.5) is 0 Å². The lowest BCUT2D eigenvalue weighted by atomic mass is 9.79. The Morgan fingerprint density at radius 1 is 0.300 bits per heavy atom. The zero-order valence-electron chi connectivity index (χ0n) is 27.5. The predicted octanol–water partition coefficient (Wildman–Crippen LogP) is 15.0. The lowest BCUT2D eigenvalue weighted by molar-refractivity contribution is 1.54. The number of benzene rings is 11. The summed E-state index contributed by atoms with van der Waals surface area (Å²) in [5.41, 5.74) is 7.05. The third-order valence-electron chi connectivity index (χ3n) is 11.4. The van der Waals surface area contributed by atoms with Crippen molar-refractivity contribution in [3.63, 3.8) is 0 Å². The first-order valence-electron chi connectivity index (χ1n) is 17.2. The minimum absolute atomic E-state index is 0.793. The van der Waals surface area contributed by atoms with E-state index >= 15 is 0 Å². The molecule has 0 heterocycles. The molecule has 0 bridgehead atoms. The van der Waals surface area contributed by atoms with Gasteiger partial charge in [0.1, 0.15) is 0 Å². The average molecular weight is 676 g/mol. The largest absolute Gasteiger partial charge is 0.0840 e. The van der Waals surface area contributed by atoms with Crippen LogP contribution in [0.15, 0.2) is 133 Å². The van der Waals surface area contributed by atoms with E-state index in [1.165, 1.54) is 108 Å². The van der Waals surface area contributed by atoms with Gasteiger partial charge >= 0.3 is 0 Å². The van der Waals surface area contributed by atoms with Crippen molar-refractivity contribution in [2.45, 2.75) is 13.8 Å². The SMILES string of the molecule is Cc1c(Cl)cc2c3ccc4c5cc(Cl)c(C)c6c(-c7ccccc7)ccc(c65)c5c6ccccc6c(c6ccc(-c7ccccc7)c1c26)c3c45. The Labute approximate surface area is 298 Å². The summed E-state index contributed by atoms with van der Waals surface area (Å²) in [7, 11) is 0. The smallest absolute Gasteiger partial charge is 0.0447 e.